The van der Waals surface area contributed by atoms with Crippen LogP contribution in [0.2, 0.25) is 0 Å². The number of carbonyl (C=O) groups is 1. The van der Waals surface area contributed by atoms with Gasteiger partial charge in [-0.3, -0.25) is 4.79 Å². The quantitative estimate of drug-likeness (QED) is 0.413. The molecule has 3 aromatic rings. The zero-order chi connectivity index (χ0) is 23.6. The Morgan fingerprint density at radius 2 is 1.82 bits per heavy atom. The number of amides is 1. The van der Waals surface area contributed by atoms with Gasteiger partial charge in [-0.15, -0.1) is 11.8 Å². The van der Waals surface area contributed by atoms with Crippen molar-refractivity contribution in [3.05, 3.63) is 59.7 Å². The minimum absolute atomic E-state index is 0.0466. The molecule has 1 amide bonds. The number of carbonyl (C=O) groups excluding carboxylic acids is 1. The first kappa shape index (κ1) is 23.8. The number of thioether (sulfide) groups is 1. The molecule has 0 spiro atoms. The van der Waals surface area contributed by atoms with Crippen molar-refractivity contribution in [1.82, 2.24) is 14.5 Å². The number of aromatic nitrogens is 2. The van der Waals surface area contributed by atoms with Crippen LogP contribution in [0.15, 0.2) is 47.4 Å². The first-order valence-electron chi connectivity index (χ1n) is 11.8. The lowest BCUT2D eigenvalue weighted by molar-refractivity contribution is -0.130. The highest BCUT2D eigenvalue weighted by molar-refractivity contribution is 7.99. The lowest BCUT2D eigenvalue weighted by atomic mass is 9.93. The molecule has 0 N–H and O–H groups in total. The van der Waals surface area contributed by atoms with E-state index in [9.17, 15) is 9.18 Å². The third-order valence-corrected chi connectivity index (χ3v) is 7.46. The van der Waals surface area contributed by atoms with Crippen molar-refractivity contribution in [2.45, 2.75) is 63.8 Å². The van der Waals surface area contributed by atoms with Crippen LogP contribution < -0.4 is 0 Å². The predicted octanol–water partition coefficient (Wildman–Crippen LogP) is 6.07. The topological polar surface area (TPSA) is 38.1 Å². The van der Waals surface area contributed by atoms with E-state index in [4.69, 9.17) is 4.98 Å². The van der Waals surface area contributed by atoms with Gasteiger partial charge >= 0.3 is 0 Å². The van der Waals surface area contributed by atoms with E-state index in [0.717, 1.165) is 61.6 Å². The van der Waals surface area contributed by atoms with E-state index in [1.807, 2.05) is 28.8 Å². The molecule has 2 heterocycles. The summed E-state index contributed by atoms with van der Waals surface area (Å²) in [6.07, 6.45) is 2.99. The minimum Gasteiger partial charge on any atom is -0.343 e. The monoisotopic (exact) mass is 467 g/mol. The van der Waals surface area contributed by atoms with E-state index in [-0.39, 0.29) is 17.1 Å². The molecule has 1 aliphatic rings. The summed E-state index contributed by atoms with van der Waals surface area (Å²) in [5.74, 6) is 2.62. The number of halogens is 1. The van der Waals surface area contributed by atoms with Crippen LogP contribution in [0.1, 0.15) is 51.9 Å². The Labute approximate surface area is 200 Å². The Kier molecular flexibility index (Phi) is 7.13. The number of fused-ring (bicyclic) bond motifs is 1. The average molecular weight is 468 g/mol. The van der Waals surface area contributed by atoms with Gasteiger partial charge in [-0.05, 0) is 61.1 Å². The van der Waals surface area contributed by atoms with Gasteiger partial charge < -0.3 is 9.47 Å². The normalized spacial score (nSPS) is 15.4. The number of hydrogen-bond acceptors (Lipinski definition) is 3. The highest BCUT2D eigenvalue weighted by Crippen LogP contribution is 2.32. The molecule has 1 aliphatic heterocycles. The van der Waals surface area contributed by atoms with Gasteiger partial charge in [-0.2, -0.15) is 0 Å². The number of aryl methyl sites for hydroxylation is 1. The van der Waals surface area contributed by atoms with Crippen molar-refractivity contribution in [2.75, 3.05) is 18.8 Å². The summed E-state index contributed by atoms with van der Waals surface area (Å²) in [7, 11) is 0. The summed E-state index contributed by atoms with van der Waals surface area (Å²) in [4.78, 5) is 19.9. The maximum Gasteiger partial charge on any atom is 0.219 e. The van der Waals surface area contributed by atoms with Crippen LogP contribution in [0.25, 0.3) is 11.0 Å². The Balaban J connectivity index is 1.49. The highest BCUT2D eigenvalue weighted by Gasteiger charge is 2.27. The van der Waals surface area contributed by atoms with Crippen LogP contribution in [0.4, 0.5) is 4.39 Å². The van der Waals surface area contributed by atoms with Gasteiger partial charge in [0.25, 0.3) is 0 Å². The van der Waals surface area contributed by atoms with Gasteiger partial charge in [0, 0.05) is 42.6 Å². The molecular weight excluding hydrogens is 433 g/mol. The minimum atomic E-state index is -0.188. The van der Waals surface area contributed by atoms with E-state index in [0.29, 0.717) is 5.92 Å². The van der Waals surface area contributed by atoms with E-state index in [1.54, 1.807) is 6.92 Å². The van der Waals surface area contributed by atoms with Crippen LogP contribution in [0, 0.1) is 11.7 Å². The Morgan fingerprint density at radius 1 is 1.12 bits per heavy atom. The number of rotatable bonds is 6. The second-order valence-electron chi connectivity index (χ2n) is 10.1. The van der Waals surface area contributed by atoms with Crippen molar-refractivity contribution >= 4 is 28.7 Å². The molecule has 4 rings (SSSR count). The Bertz CT molecular complexity index is 1110. The number of benzene rings is 2. The summed E-state index contributed by atoms with van der Waals surface area (Å²) < 4.78 is 15.5. The van der Waals surface area contributed by atoms with Gasteiger partial charge in [-0.1, -0.05) is 32.9 Å². The maximum atomic E-state index is 13.1. The fourth-order valence-electron chi connectivity index (χ4n) is 4.58. The second-order valence-corrected chi connectivity index (χ2v) is 11.3. The van der Waals surface area contributed by atoms with Crippen molar-refractivity contribution in [3.63, 3.8) is 0 Å². The standard InChI is InChI=1S/C27H34FN3OS/c1-19(32)30-14-11-21(12-15-30)18-31-25-10-9-23(17-24(25)29-26(31)27(2,3)4)33-16-13-20-5-7-22(28)8-6-20/h5-10,17,21H,11-16,18H2,1-4H3. The summed E-state index contributed by atoms with van der Waals surface area (Å²) in [6, 6.07) is 13.4. The average Bonchev–Trinajstić information content (AvgIpc) is 3.14. The van der Waals surface area contributed by atoms with E-state index >= 15 is 0 Å². The highest BCUT2D eigenvalue weighted by atomic mass is 32.2. The van der Waals surface area contributed by atoms with E-state index < -0.39 is 0 Å². The molecule has 0 saturated carbocycles. The van der Waals surface area contributed by atoms with Gasteiger partial charge in [0.15, 0.2) is 0 Å². The molecular formula is C27H34FN3OS. The summed E-state index contributed by atoms with van der Waals surface area (Å²) >= 11 is 1.82. The first-order valence-corrected chi connectivity index (χ1v) is 12.8. The van der Waals surface area contributed by atoms with Gasteiger partial charge in [0.1, 0.15) is 11.6 Å². The van der Waals surface area contributed by atoms with Crippen LogP contribution in [-0.2, 0) is 23.2 Å². The number of likely N-dealkylation sites (tertiary alicyclic amines) is 1. The van der Waals surface area contributed by atoms with Crippen molar-refractivity contribution in [1.29, 1.82) is 0 Å². The molecule has 0 atom stereocenters. The number of imidazole rings is 1. The third kappa shape index (κ3) is 5.78. The fourth-order valence-corrected chi connectivity index (χ4v) is 5.52. The van der Waals surface area contributed by atoms with E-state index in [2.05, 4.69) is 43.5 Å². The van der Waals surface area contributed by atoms with Gasteiger partial charge in [0.2, 0.25) is 5.91 Å². The third-order valence-electron chi connectivity index (χ3n) is 6.46. The number of hydrogen-bond donors (Lipinski definition) is 0. The molecule has 1 saturated heterocycles. The van der Waals surface area contributed by atoms with Crippen LogP contribution in [0.5, 0.6) is 0 Å². The van der Waals surface area contributed by atoms with Crippen LogP contribution in [-0.4, -0.2) is 39.2 Å². The molecule has 0 unspecified atom stereocenters. The second kappa shape index (κ2) is 9.88. The molecule has 0 bridgehead atoms. The van der Waals surface area contributed by atoms with Crippen molar-refractivity contribution < 1.29 is 9.18 Å². The first-order chi connectivity index (χ1) is 15.7. The number of nitrogens with zero attached hydrogens (tertiary/aromatic N) is 3. The SMILES string of the molecule is CC(=O)N1CCC(Cn2c(C(C)(C)C)nc3cc(SCCc4ccc(F)cc4)ccc32)CC1. The zero-order valence-electron chi connectivity index (χ0n) is 20.1. The molecule has 4 nitrogen and oxygen atoms in total. The Hall–Kier alpha value is -2.34. The van der Waals surface area contributed by atoms with Gasteiger partial charge in [0.05, 0.1) is 11.0 Å². The maximum absolute atomic E-state index is 13.1. The molecule has 0 aliphatic carbocycles. The predicted molar refractivity (Wildman–Crippen MR) is 134 cm³/mol. The number of piperidine rings is 1. The molecule has 1 fully saturated rings. The summed E-state index contributed by atoms with van der Waals surface area (Å²) in [5, 5.41) is 0. The fraction of sp³-hybridized carbons (Fsp3) is 0.481. The summed E-state index contributed by atoms with van der Waals surface area (Å²) in [6.45, 7) is 11.0. The molecule has 176 valence electrons. The van der Waals surface area contributed by atoms with E-state index in [1.165, 1.54) is 22.5 Å². The molecule has 1 aromatic heterocycles. The van der Waals surface area contributed by atoms with Gasteiger partial charge in [-0.25, -0.2) is 9.37 Å². The molecule has 0 radical (unpaired) electrons. The lowest BCUT2D eigenvalue weighted by Crippen LogP contribution is -2.38. The summed E-state index contributed by atoms with van der Waals surface area (Å²) in [5.41, 5.74) is 3.35. The molecule has 2 aromatic carbocycles. The zero-order valence-corrected chi connectivity index (χ0v) is 20.9. The smallest absolute Gasteiger partial charge is 0.219 e. The largest absolute Gasteiger partial charge is 0.343 e. The molecule has 33 heavy (non-hydrogen) atoms. The lowest BCUT2D eigenvalue weighted by Gasteiger charge is -2.32. The van der Waals surface area contributed by atoms with Crippen LogP contribution >= 0.6 is 11.8 Å². The van der Waals surface area contributed by atoms with Crippen molar-refractivity contribution in [2.24, 2.45) is 5.92 Å². The van der Waals surface area contributed by atoms with Crippen molar-refractivity contribution in [3.8, 4) is 0 Å². The molecule has 6 heteroatoms. The Morgan fingerprint density at radius 3 is 2.45 bits per heavy atom. The van der Waals surface area contributed by atoms with Crippen LogP contribution in [0.3, 0.4) is 0 Å².